The molecule has 198 valence electrons. The lowest BCUT2D eigenvalue weighted by Gasteiger charge is -2.23. The minimum Gasteiger partial charge on any atom is -0.507 e. The van der Waals surface area contributed by atoms with Crippen molar-refractivity contribution in [1.29, 1.82) is 0 Å². The Morgan fingerprint density at radius 1 is 1.10 bits per heavy atom. The summed E-state index contributed by atoms with van der Waals surface area (Å²) in [6.07, 6.45) is 1.61. The average Bonchev–Trinajstić information content (AvgIpc) is 3.60. The number of Topliss-reactive ketones (excluding diaryl/α,β-unsaturated/α-hetero) is 1. The average molecular weight is 541 g/mol. The number of ketones is 1. The zero-order chi connectivity index (χ0) is 27.3. The van der Waals surface area contributed by atoms with Crippen LogP contribution < -0.4 is 14.4 Å². The number of aliphatic hydroxyl groups excluding tert-OH is 1. The topological polar surface area (TPSA) is 89.0 Å². The van der Waals surface area contributed by atoms with Crippen LogP contribution in [0.5, 0.6) is 11.5 Å². The lowest BCUT2D eigenvalue weighted by atomic mass is 9.94. The maximum absolute atomic E-state index is 13.6. The van der Waals surface area contributed by atoms with E-state index in [1.54, 1.807) is 12.1 Å². The van der Waals surface area contributed by atoms with Gasteiger partial charge in [0, 0.05) is 12.0 Å². The predicted octanol–water partition coefficient (Wildman–Crippen LogP) is 6.21. The molecule has 0 spiro atoms. The van der Waals surface area contributed by atoms with Crippen molar-refractivity contribution in [2.45, 2.75) is 45.8 Å². The van der Waals surface area contributed by atoms with Gasteiger partial charge in [0.15, 0.2) is 5.13 Å². The van der Waals surface area contributed by atoms with Crippen molar-refractivity contribution in [3.63, 3.8) is 0 Å². The lowest BCUT2D eigenvalue weighted by Crippen LogP contribution is -2.29. The van der Waals surface area contributed by atoms with Gasteiger partial charge in [-0.1, -0.05) is 42.5 Å². The lowest BCUT2D eigenvalue weighted by molar-refractivity contribution is -0.132. The van der Waals surface area contributed by atoms with Gasteiger partial charge in [-0.2, -0.15) is 0 Å². The molecule has 6 rings (SSSR count). The molecule has 0 radical (unpaired) electrons. The molecule has 39 heavy (non-hydrogen) atoms. The fourth-order valence-electron chi connectivity index (χ4n) is 5.26. The Balaban J connectivity index is 1.50. The fraction of sp³-hybridized carbons (Fsp3) is 0.258. The van der Waals surface area contributed by atoms with Crippen molar-refractivity contribution in [3.05, 3.63) is 88.5 Å². The SMILES string of the molecule is CCOc1ccc2nc(N3C(=O)C(=O)C(=C(O)c4ccc5c(c4)C[C@H](C)O5)[C@@H]3c3ccc(CC)cc3)sc2c1. The van der Waals surface area contributed by atoms with Crippen molar-refractivity contribution in [2.24, 2.45) is 0 Å². The molecule has 1 saturated heterocycles. The van der Waals surface area contributed by atoms with Gasteiger partial charge in [-0.05, 0) is 73.4 Å². The zero-order valence-corrected chi connectivity index (χ0v) is 22.7. The van der Waals surface area contributed by atoms with Gasteiger partial charge in [0.25, 0.3) is 5.78 Å². The Morgan fingerprint density at radius 3 is 2.64 bits per heavy atom. The summed E-state index contributed by atoms with van der Waals surface area (Å²) in [4.78, 5) is 33.3. The molecule has 3 aromatic carbocycles. The van der Waals surface area contributed by atoms with Crippen LogP contribution in [0.3, 0.4) is 0 Å². The Labute approximate surface area is 230 Å². The molecule has 2 atom stereocenters. The summed E-state index contributed by atoms with van der Waals surface area (Å²) in [6, 6.07) is 17.9. The number of nitrogens with zero attached hydrogens (tertiary/aromatic N) is 2. The van der Waals surface area contributed by atoms with Gasteiger partial charge in [0.05, 0.1) is 28.4 Å². The molecule has 0 unspecified atom stereocenters. The highest BCUT2D eigenvalue weighted by molar-refractivity contribution is 7.22. The first-order valence-corrected chi connectivity index (χ1v) is 13.9. The van der Waals surface area contributed by atoms with E-state index in [2.05, 4.69) is 6.92 Å². The number of carbonyl (C=O) groups excluding carboxylic acids is 2. The standard InChI is InChI=1S/C31H28N2O5S/c1-4-18-6-8-19(9-7-18)27-26(28(34)20-10-13-24-21(15-20)14-17(3)38-24)29(35)30(36)33(27)31-32-23-12-11-22(37-5-2)16-25(23)39-31/h6-13,15-17,27,34H,4-5,14H2,1-3H3/t17-,27-/m0/s1. The van der Waals surface area contributed by atoms with Crippen LogP contribution in [0.2, 0.25) is 0 Å². The Kier molecular flexibility index (Phi) is 6.35. The van der Waals surface area contributed by atoms with Crippen LogP contribution in [0.25, 0.3) is 16.0 Å². The second kappa shape index (κ2) is 9.85. The number of hydrogen-bond acceptors (Lipinski definition) is 7. The predicted molar refractivity (Wildman–Crippen MR) is 152 cm³/mol. The van der Waals surface area contributed by atoms with E-state index in [9.17, 15) is 14.7 Å². The Hall–Kier alpha value is -4.17. The molecule has 0 saturated carbocycles. The van der Waals surface area contributed by atoms with Crippen LogP contribution in [-0.4, -0.2) is 34.5 Å². The number of carbonyl (C=O) groups is 2. The Bertz CT molecular complexity index is 1640. The van der Waals surface area contributed by atoms with Crippen LogP contribution in [0.15, 0.2) is 66.2 Å². The largest absolute Gasteiger partial charge is 0.507 e. The normalized spacial score (nSPS) is 19.9. The van der Waals surface area contributed by atoms with Gasteiger partial charge in [-0.3, -0.25) is 14.5 Å². The summed E-state index contributed by atoms with van der Waals surface area (Å²) >= 11 is 1.31. The minimum absolute atomic E-state index is 0.0438. The van der Waals surface area contributed by atoms with Gasteiger partial charge in [-0.25, -0.2) is 4.98 Å². The third kappa shape index (κ3) is 4.34. The molecule has 1 fully saturated rings. The van der Waals surface area contributed by atoms with Crippen LogP contribution in [-0.2, 0) is 22.4 Å². The van der Waals surface area contributed by atoms with Crippen LogP contribution in [0.4, 0.5) is 5.13 Å². The molecule has 1 aromatic heterocycles. The molecule has 2 aliphatic rings. The van der Waals surface area contributed by atoms with Gasteiger partial charge in [0.2, 0.25) is 0 Å². The summed E-state index contributed by atoms with van der Waals surface area (Å²) in [5.74, 6) is -0.182. The number of fused-ring (bicyclic) bond motifs is 2. The quantitative estimate of drug-likeness (QED) is 0.178. The van der Waals surface area contributed by atoms with E-state index in [0.29, 0.717) is 35.0 Å². The number of aryl methyl sites for hydroxylation is 1. The van der Waals surface area contributed by atoms with Crippen LogP contribution in [0, 0.1) is 0 Å². The number of ether oxygens (including phenoxy) is 2. The first-order valence-electron chi connectivity index (χ1n) is 13.1. The second-order valence-corrected chi connectivity index (χ2v) is 10.8. The van der Waals surface area contributed by atoms with Gasteiger partial charge in [-0.15, -0.1) is 0 Å². The third-order valence-corrected chi connectivity index (χ3v) is 8.20. The summed E-state index contributed by atoms with van der Waals surface area (Å²) in [5.41, 5.74) is 4.04. The van der Waals surface area contributed by atoms with E-state index >= 15 is 0 Å². The third-order valence-electron chi connectivity index (χ3n) is 7.18. The molecule has 3 heterocycles. The van der Waals surface area contributed by atoms with Crippen molar-refractivity contribution < 1.29 is 24.2 Å². The van der Waals surface area contributed by atoms with Crippen molar-refractivity contribution >= 4 is 44.1 Å². The fourth-order valence-corrected chi connectivity index (χ4v) is 6.28. The van der Waals surface area contributed by atoms with Crippen molar-refractivity contribution in [1.82, 2.24) is 4.98 Å². The number of hydrogen-bond donors (Lipinski definition) is 1. The number of aromatic nitrogens is 1. The van der Waals surface area contributed by atoms with E-state index in [4.69, 9.17) is 14.5 Å². The monoisotopic (exact) mass is 540 g/mol. The molecule has 0 aliphatic carbocycles. The van der Waals surface area contributed by atoms with Gasteiger partial charge >= 0.3 is 5.91 Å². The molecule has 1 amide bonds. The van der Waals surface area contributed by atoms with E-state index in [1.165, 1.54) is 16.2 Å². The van der Waals surface area contributed by atoms with Crippen molar-refractivity contribution in [3.8, 4) is 11.5 Å². The maximum atomic E-state index is 13.6. The highest BCUT2D eigenvalue weighted by atomic mass is 32.1. The molecule has 0 bridgehead atoms. The molecular weight excluding hydrogens is 512 g/mol. The van der Waals surface area contributed by atoms with E-state index < -0.39 is 17.7 Å². The van der Waals surface area contributed by atoms with Crippen LogP contribution in [0.1, 0.15) is 49.1 Å². The first-order chi connectivity index (χ1) is 18.9. The molecule has 8 heteroatoms. The van der Waals surface area contributed by atoms with Crippen LogP contribution >= 0.6 is 11.3 Å². The Morgan fingerprint density at radius 2 is 1.90 bits per heavy atom. The van der Waals surface area contributed by atoms with E-state index in [1.807, 2.05) is 62.4 Å². The zero-order valence-electron chi connectivity index (χ0n) is 21.9. The summed E-state index contributed by atoms with van der Waals surface area (Å²) in [5, 5.41) is 11.9. The number of anilines is 1. The number of thiazole rings is 1. The number of aliphatic hydroxyl groups is 1. The van der Waals surface area contributed by atoms with E-state index in [0.717, 1.165) is 33.6 Å². The number of rotatable bonds is 6. The molecule has 4 aromatic rings. The second-order valence-electron chi connectivity index (χ2n) is 9.78. The van der Waals surface area contributed by atoms with E-state index in [-0.39, 0.29) is 17.4 Å². The molecule has 7 nitrogen and oxygen atoms in total. The smallest absolute Gasteiger partial charge is 0.301 e. The highest BCUT2D eigenvalue weighted by Gasteiger charge is 2.48. The van der Waals surface area contributed by atoms with Gasteiger partial charge < -0.3 is 14.6 Å². The summed E-state index contributed by atoms with van der Waals surface area (Å²) < 4.78 is 12.3. The molecular formula is C31H28N2O5S. The maximum Gasteiger partial charge on any atom is 0.301 e. The molecule has 2 aliphatic heterocycles. The molecule has 1 N–H and O–H groups in total. The number of benzene rings is 3. The summed E-state index contributed by atoms with van der Waals surface area (Å²) in [7, 11) is 0. The minimum atomic E-state index is -0.828. The number of amides is 1. The highest BCUT2D eigenvalue weighted by Crippen LogP contribution is 2.45. The van der Waals surface area contributed by atoms with Gasteiger partial charge in [0.1, 0.15) is 23.4 Å². The summed E-state index contributed by atoms with van der Waals surface area (Å²) in [6.45, 7) is 6.50. The first kappa shape index (κ1) is 25.1. The van der Waals surface area contributed by atoms with Crippen molar-refractivity contribution in [2.75, 3.05) is 11.5 Å².